The lowest BCUT2D eigenvalue weighted by molar-refractivity contribution is -0.0636. The van der Waals surface area contributed by atoms with Crippen LogP contribution in [0.2, 0.25) is 5.02 Å². The first-order chi connectivity index (χ1) is 8.76. The Morgan fingerprint density at radius 1 is 1.32 bits per heavy atom. The molecule has 1 aromatic rings. The summed E-state index contributed by atoms with van der Waals surface area (Å²) in [5.74, 6) is 1.14. The molecule has 2 nitrogen and oxygen atoms in total. The number of rotatable bonds is 2. The molecule has 0 amide bonds. The second-order valence-corrected chi connectivity index (χ2v) is 7.14. The highest BCUT2D eigenvalue weighted by Gasteiger charge is 2.42. The van der Waals surface area contributed by atoms with Crippen molar-refractivity contribution in [2.75, 3.05) is 7.11 Å². The zero-order valence-corrected chi connectivity index (χ0v) is 12.9. The van der Waals surface area contributed by atoms with Gasteiger partial charge >= 0.3 is 0 Å². The van der Waals surface area contributed by atoms with Crippen molar-refractivity contribution < 1.29 is 9.84 Å². The first kappa shape index (κ1) is 14.7. The maximum absolute atomic E-state index is 11.1. The highest BCUT2D eigenvalue weighted by molar-refractivity contribution is 6.32. The van der Waals surface area contributed by atoms with Gasteiger partial charge in [0, 0.05) is 0 Å². The molecule has 1 aliphatic carbocycles. The molecule has 106 valence electrons. The van der Waals surface area contributed by atoms with E-state index in [9.17, 15) is 5.11 Å². The molecule has 19 heavy (non-hydrogen) atoms. The molecule has 1 fully saturated rings. The molecule has 1 aliphatic rings. The Balaban J connectivity index is 2.38. The van der Waals surface area contributed by atoms with E-state index < -0.39 is 5.60 Å². The summed E-state index contributed by atoms with van der Waals surface area (Å²) in [6.45, 7) is 6.65. The normalized spacial score (nSPS) is 30.1. The number of ether oxygens (including phenoxy) is 1. The van der Waals surface area contributed by atoms with Crippen molar-refractivity contribution in [3.63, 3.8) is 0 Å². The first-order valence-electron chi connectivity index (χ1n) is 6.82. The van der Waals surface area contributed by atoms with Crippen molar-refractivity contribution >= 4 is 11.6 Å². The van der Waals surface area contributed by atoms with Crippen LogP contribution in [0.4, 0.5) is 0 Å². The van der Waals surface area contributed by atoms with Gasteiger partial charge in [-0.1, -0.05) is 38.4 Å². The molecule has 1 saturated carbocycles. The third-order valence-electron chi connectivity index (χ3n) is 4.05. The van der Waals surface area contributed by atoms with Gasteiger partial charge in [-0.05, 0) is 48.3 Å². The minimum absolute atomic E-state index is 0.152. The van der Waals surface area contributed by atoms with Crippen molar-refractivity contribution in [1.29, 1.82) is 0 Å². The first-order valence-corrected chi connectivity index (χ1v) is 7.20. The molecule has 0 heterocycles. The van der Waals surface area contributed by atoms with E-state index in [0.29, 0.717) is 16.7 Å². The van der Waals surface area contributed by atoms with Crippen molar-refractivity contribution in [3.8, 4) is 5.75 Å². The standard InChI is InChI=1S/C16H23ClO2/c1-11-8-15(2,3)10-16(18,9-11)12-5-6-13(17)14(7-12)19-4/h5-7,11,18H,8-10H2,1-4H3. The molecule has 0 bridgehead atoms. The van der Waals surface area contributed by atoms with Gasteiger partial charge in [0.05, 0.1) is 17.7 Å². The van der Waals surface area contributed by atoms with Crippen LogP contribution >= 0.6 is 11.6 Å². The van der Waals surface area contributed by atoms with Crippen LogP contribution in [-0.2, 0) is 5.60 Å². The molecule has 0 aliphatic heterocycles. The molecule has 2 rings (SSSR count). The van der Waals surface area contributed by atoms with Crippen LogP contribution in [-0.4, -0.2) is 12.2 Å². The summed E-state index contributed by atoms with van der Waals surface area (Å²) in [6.07, 6.45) is 2.72. The average Bonchev–Trinajstić information content (AvgIpc) is 2.25. The van der Waals surface area contributed by atoms with Crippen molar-refractivity contribution in [1.82, 2.24) is 0 Å². The van der Waals surface area contributed by atoms with E-state index in [2.05, 4.69) is 20.8 Å². The van der Waals surface area contributed by atoms with E-state index in [1.54, 1.807) is 13.2 Å². The molecule has 1 N–H and O–H groups in total. The van der Waals surface area contributed by atoms with Crippen molar-refractivity contribution in [3.05, 3.63) is 28.8 Å². The topological polar surface area (TPSA) is 29.5 Å². The Hall–Kier alpha value is -0.730. The summed E-state index contributed by atoms with van der Waals surface area (Å²) in [5.41, 5.74) is 0.284. The molecule has 3 heteroatoms. The van der Waals surface area contributed by atoms with Gasteiger partial charge < -0.3 is 9.84 Å². The van der Waals surface area contributed by atoms with Crippen LogP contribution in [0, 0.1) is 11.3 Å². The lowest BCUT2D eigenvalue weighted by Gasteiger charge is -2.45. The highest BCUT2D eigenvalue weighted by Crippen LogP contribution is 2.49. The third-order valence-corrected chi connectivity index (χ3v) is 4.36. The van der Waals surface area contributed by atoms with Crippen LogP contribution in [0.5, 0.6) is 5.75 Å². The molecule has 2 atom stereocenters. The monoisotopic (exact) mass is 282 g/mol. The number of hydrogen-bond acceptors (Lipinski definition) is 2. The summed E-state index contributed by atoms with van der Waals surface area (Å²) in [5, 5.41) is 11.6. The van der Waals surface area contributed by atoms with Gasteiger partial charge in [-0.3, -0.25) is 0 Å². The molecular formula is C16H23ClO2. The van der Waals surface area contributed by atoms with Gasteiger partial charge in [0.1, 0.15) is 5.75 Å². The number of hydrogen-bond donors (Lipinski definition) is 1. The fourth-order valence-electron chi connectivity index (χ4n) is 3.70. The lowest BCUT2D eigenvalue weighted by Crippen LogP contribution is -2.39. The fourth-order valence-corrected chi connectivity index (χ4v) is 3.89. The predicted octanol–water partition coefficient (Wildman–Crippen LogP) is 4.38. The molecule has 0 spiro atoms. The summed E-state index contributed by atoms with van der Waals surface area (Å²) < 4.78 is 5.26. The van der Waals surface area contributed by atoms with E-state index in [1.807, 2.05) is 12.1 Å². The number of methoxy groups -OCH3 is 1. The van der Waals surface area contributed by atoms with Gasteiger partial charge in [0.25, 0.3) is 0 Å². The fraction of sp³-hybridized carbons (Fsp3) is 0.625. The minimum atomic E-state index is -0.779. The quantitative estimate of drug-likeness (QED) is 0.872. The Kier molecular flexibility index (Phi) is 3.85. The number of aliphatic hydroxyl groups is 1. The maximum Gasteiger partial charge on any atom is 0.137 e. The summed E-state index contributed by atoms with van der Waals surface area (Å²) >= 11 is 6.06. The van der Waals surface area contributed by atoms with E-state index >= 15 is 0 Å². The van der Waals surface area contributed by atoms with Crippen LogP contribution in [0.3, 0.4) is 0 Å². The van der Waals surface area contributed by atoms with Gasteiger partial charge in [-0.25, -0.2) is 0 Å². The summed E-state index contributed by atoms with van der Waals surface area (Å²) in [6, 6.07) is 5.59. The Bertz CT molecular complexity index is 470. The number of halogens is 1. The molecule has 2 unspecified atom stereocenters. The summed E-state index contributed by atoms with van der Waals surface area (Å²) in [7, 11) is 1.60. The largest absolute Gasteiger partial charge is 0.495 e. The van der Waals surface area contributed by atoms with Gasteiger partial charge in [-0.15, -0.1) is 0 Å². The van der Waals surface area contributed by atoms with E-state index in [-0.39, 0.29) is 5.41 Å². The molecular weight excluding hydrogens is 260 g/mol. The van der Waals surface area contributed by atoms with E-state index in [1.165, 1.54) is 0 Å². The average molecular weight is 283 g/mol. The third kappa shape index (κ3) is 3.06. The minimum Gasteiger partial charge on any atom is -0.495 e. The maximum atomic E-state index is 11.1. The molecule has 0 saturated heterocycles. The van der Waals surface area contributed by atoms with Crippen LogP contribution in [0.25, 0.3) is 0 Å². The van der Waals surface area contributed by atoms with Crippen LogP contribution in [0.15, 0.2) is 18.2 Å². The predicted molar refractivity (Wildman–Crippen MR) is 78.7 cm³/mol. The molecule has 0 aromatic heterocycles. The molecule has 0 radical (unpaired) electrons. The van der Waals surface area contributed by atoms with Gasteiger partial charge in [0.15, 0.2) is 0 Å². The van der Waals surface area contributed by atoms with E-state index in [0.717, 1.165) is 24.8 Å². The van der Waals surface area contributed by atoms with Crippen molar-refractivity contribution in [2.24, 2.45) is 11.3 Å². The Morgan fingerprint density at radius 3 is 2.58 bits per heavy atom. The van der Waals surface area contributed by atoms with Crippen LogP contribution < -0.4 is 4.74 Å². The van der Waals surface area contributed by atoms with Gasteiger partial charge in [-0.2, -0.15) is 0 Å². The molecule has 1 aromatic carbocycles. The van der Waals surface area contributed by atoms with Crippen molar-refractivity contribution in [2.45, 2.75) is 45.6 Å². The Labute approximate surface area is 120 Å². The second-order valence-electron chi connectivity index (χ2n) is 6.74. The smallest absolute Gasteiger partial charge is 0.137 e. The van der Waals surface area contributed by atoms with Gasteiger partial charge in [0.2, 0.25) is 0 Å². The Morgan fingerprint density at radius 2 is 2.00 bits per heavy atom. The zero-order chi connectivity index (χ0) is 14.3. The summed E-state index contributed by atoms with van der Waals surface area (Å²) in [4.78, 5) is 0. The van der Waals surface area contributed by atoms with Crippen LogP contribution in [0.1, 0.15) is 45.6 Å². The zero-order valence-electron chi connectivity index (χ0n) is 12.2. The second kappa shape index (κ2) is 4.99. The lowest BCUT2D eigenvalue weighted by atomic mass is 9.64. The number of benzene rings is 1. The van der Waals surface area contributed by atoms with E-state index in [4.69, 9.17) is 16.3 Å². The highest BCUT2D eigenvalue weighted by atomic mass is 35.5. The SMILES string of the molecule is COc1cc(C2(O)CC(C)CC(C)(C)C2)ccc1Cl.